The molecular weight excluding hydrogens is 200 g/mol. The van der Waals surface area contributed by atoms with Gasteiger partial charge in [-0.3, -0.25) is 10.4 Å². The molecule has 1 aromatic rings. The van der Waals surface area contributed by atoms with E-state index in [9.17, 15) is 0 Å². The van der Waals surface area contributed by atoms with Crippen LogP contribution in [-0.2, 0) is 0 Å². The number of nitrogens with one attached hydrogen (secondary N) is 1. The Morgan fingerprint density at radius 3 is 2.56 bits per heavy atom. The third kappa shape index (κ3) is 2.73. The highest BCUT2D eigenvalue weighted by atomic mass is 15.4. The molecule has 0 atom stereocenters. The van der Waals surface area contributed by atoms with E-state index in [1.54, 1.807) is 0 Å². The maximum Gasteiger partial charge on any atom is 0.212 e. The van der Waals surface area contributed by atoms with Gasteiger partial charge in [0.05, 0.1) is 0 Å². The van der Waals surface area contributed by atoms with E-state index in [4.69, 9.17) is 5.84 Å². The van der Waals surface area contributed by atoms with E-state index in [-0.39, 0.29) is 0 Å². The summed E-state index contributed by atoms with van der Waals surface area (Å²) in [4.78, 5) is 6.41. The zero-order valence-corrected chi connectivity index (χ0v) is 10.2. The summed E-state index contributed by atoms with van der Waals surface area (Å²) >= 11 is 0. The molecule has 16 heavy (non-hydrogen) atoms. The van der Waals surface area contributed by atoms with E-state index >= 15 is 0 Å². The second kappa shape index (κ2) is 6.12. The number of guanidine groups is 1. The van der Waals surface area contributed by atoms with Gasteiger partial charge in [-0.15, -0.1) is 0 Å². The molecule has 3 N–H and O–H groups in total. The van der Waals surface area contributed by atoms with Gasteiger partial charge in [0, 0.05) is 18.8 Å². The number of aliphatic imine (C=N–C) groups is 1. The fraction of sp³-hybridized carbons (Fsp3) is 0.417. The number of aryl methyl sites for hydroxylation is 1. The molecule has 0 spiro atoms. The molecule has 88 valence electrons. The van der Waals surface area contributed by atoms with Crippen LogP contribution in [0, 0.1) is 6.92 Å². The van der Waals surface area contributed by atoms with Crippen molar-refractivity contribution < 1.29 is 0 Å². The highest BCUT2D eigenvalue weighted by molar-refractivity contribution is 5.96. The van der Waals surface area contributed by atoms with Crippen LogP contribution in [0.5, 0.6) is 0 Å². The zero-order valence-electron chi connectivity index (χ0n) is 10.2. The summed E-state index contributed by atoms with van der Waals surface area (Å²) in [7, 11) is 0. The van der Waals surface area contributed by atoms with E-state index in [0.717, 1.165) is 12.2 Å². The number of anilines is 1. The summed E-state index contributed by atoms with van der Waals surface area (Å²) in [5.74, 6) is 6.21. The van der Waals surface area contributed by atoms with Gasteiger partial charge in [0.1, 0.15) is 0 Å². The lowest BCUT2D eigenvalue weighted by atomic mass is 10.2. The number of nitrogens with two attached hydrogens (primary N) is 1. The Bertz CT molecular complexity index is 360. The number of benzene rings is 1. The Balaban J connectivity index is 3.07. The zero-order chi connectivity index (χ0) is 12.0. The first kappa shape index (κ1) is 12.5. The average molecular weight is 220 g/mol. The van der Waals surface area contributed by atoms with Crippen molar-refractivity contribution in [2.75, 3.05) is 18.0 Å². The van der Waals surface area contributed by atoms with Crippen LogP contribution in [-0.4, -0.2) is 19.0 Å². The molecule has 0 unspecified atom stereocenters. The molecule has 0 saturated carbocycles. The van der Waals surface area contributed by atoms with Crippen molar-refractivity contribution in [3.8, 4) is 0 Å². The monoisotopic (exact) mass is 220 g/mol. The molecule has 0 heterocycles. The molecule has 1 aromatic carbocycles. The van der Waals surface area contributed by atoms with Gasteiger partial charge in [0.15, 0.2) is 0 Å². The van der Waals surface area contributed by atoms with E-state index in [0.29, 0.717) is 12.5 Å². The first-order chi connectivity index (χ1) is 7.74. The molecule has 0 aromatic heterocycles. The predicted molar refractivity (Wildman–Crippen MR) is 69.5 cm³/mol. The topological polar surface area (TPSA) is 53.6 Å². The van der Waals surface area contributed by atoms with Gasteiger partial charge < -0.3 is 4.90 Å². The maximum atomic E-state index is 5.50. The van der Waals surface area contributed by atoms with Crippen LogP contribution in [0.3, 0.4) is 0 Å². The molecule has 4 nitrogen and oxygen atoms in total. The maximum absolute atomic E-state index is 5.50. The third-order valence-corrected chi connectivity index (χ3v) is 2.42. The SMILES string of the molecule is CCN=C(NN)N(CC)c1ccccc1C. The number of rotatable bonds is 3. The fourth-order valence-corrected chi connectivity index (χ4v) is 1.66. The molecule has 4 heteroatoms. The quantitative estimate of drug-likeness (QED) is 0.352. The minimum absolute atomic E-state index is 0.708. The summed E-state index contributed by atoms with van der Waals surface area (Å²) in [6.45, 7) is 7.69. The number of para-hydroxylation sites is 1. The Hall–Kier alpha value is -1.55. The first-order valence-electron chi connectivity index (χ1n) is 5.58. The number of hydrogen-bond acceptors (Lipinski definition) is 2. The van der Waals surface area contributed by atoms with Crippen molar-refractivity contribution in [1.82, 2.24) is 5.43 Å². The van der Waals surface area contributed by atoms with Crippen LogP contribution in [0.4, 0.5) is 5.69 Å². The molecule has 0 amide bonds. The normalized spacial score (nSPS) is 11.4. The molecular formula is C12H20N4. The molecule has 0 aliphatic carbocycles. The van der Waals surface area contributed by atoms with E-state index in [1.165, 1.54) is 5.56 Å². The van der Waals surface area contributed by atoms with Crippen molar-refractivity contribution in [2.45, 2.75) is 20.8 Å². The minimum atomic E-state index is 0.708. The van der Waals surface area contributed by atoms with Crippen LogP contribution in [0.1, 0.15) is 19.4 Å². The summed E-state index contributed by atoms with van der Waals surface area (Å²) in [5.41, 5.74) is 5.00. The molecule has 0 fully saturated rings. The summed E-state index contributed by atoms with van der Waals surface area (Å²) in [5, 5.41) is 0. The summed E-state index contributed by atoms with van der Waals surface area (Å²) in [6.07, 6.45) is 0. The van der Waals surface area contributed by atoms with E-state index in [2.05, 4.69) is 41.3 Å². The highest BCUT2D eigenvalue weighted by Gasteiger charge is 2.11. The van der Waals surface area contributed by atoms with Crippen LogP contribution >= 0.6 is 0 Å². The number of nitrogens with zero attached hydrogens (tertiary/aromatic N) is 2. The lowest BCUT2D eigenvalue weighted by Crippen LogP contribution is -2.45. The first-order valence-corrected chi connectivity index (χ1v) is 5.58. The van der Waals surface area contributed by atoms with Crippen LogP contribution in [0.25, 0.3) is 0 Å². The Morgan fingerprint density at radius 2 is 2.06 bits per heavy atom. The Kier molecular flexibility index (Phi) is 4.79. The van der Waals surface area contributed by atoms with Gasteiger partial charge >= 0.3 is 0 Å². The van der Waals surface area contributed by atoms with Gasteiger partial charge in [-0.05, 0) is 32.4 Å². The standard InChI is InChI=1S/C12H20N4/c1-4-14-12(15-13)16(5-2)11-9-7-6-8-10(11)3/h6-9H,4-5,13H2,1-3H3,(H,14,15). The number of hydrazine groups is 1. The van der Waals surface area contributed by atoms with Gasteiger partial charge in [-0.2, -0.15) is 0 Å². The Labute approximate surface area is 97.1 Å². The van der Waals surface area contributed by atoms with Crippen LogP contribution in [0.2, 0.25) is 0 Å². The molecule has 0 saturated heterocycles. The number of hydrogen-bond donors (Lipinski definition) is 2. The smallest absolute Gasteiger partial charge is 0.212 e. The van der Waals surface area contributed by atoms with Crippen molar-refractivity contribution in [3.05, 3.63) is 29.8 Å². The third-order valence-electron chi connectivity index (χ3n) is 2.42. The average Bonchev–Trinajstić information content (AvgIpc) is 2.31. The van der Waals surface area contributed by atoms with Crippen molar-refractivity contribution in [3.63, 3.8) is 0 Å². The van der Waals surface area contributed by atoms with Crippen molar-refractivity contribution in [1.29, 1.82) is 0 Å². The van der Waals surface area contributed by atoms with Gasteiger partial charge in [-0.1, -0.05) is 18.2 Å². The molecule has 1 rings (SSSR count). The second-order valence-corrected chi connectivity index (χ2v) is 3.47. The van der Waals surface area contributed by atoms with Crippen LogP contribution in [0.15, 0.2) is 29.3 Å². The largest absolute Gasteiger partial charge is 0.312 e. The van der Waals surface area contributed by atoms with Gasteiger partial charge in [0.25, 0.3) is 0 Å². The summed E-state index contributed by atoms with van der Waals surface area (Å²) in [6, 6.07) is 8.20. The van der Waals surface area contributed by atoms with Gasteiger partial charge in [-0.25, -0.2) is 5.84 Å². The van der Waals surface area contributed by atoms with Crippen LogP contribution < -0.4 is 16.2 Å². The predicted octanol–water partition coefficient (Wildman–Crippen LogP) is 1.66. The minimum Gasteiger partial charge on any atom is -0.312 e. The lowest BCUT2D eigenvalue weighted by Gasteiger charge is -2.25. The molecule has 0 aliphatic heterocycles. The second-order valence-electron chi connectivity index (χ2n) is 3.47. The van der Waals surface area contributed by atoms with Crippen molar-refractivity contribution >= 4 is 11.6 Å². The lowest BCUT2D eigenvalue weighted by molar-refractivity contribution is 0.910. The van der Waals surface area contributed by atoms with E-state index < -0.39 is 0 Å². The van der Waals surface area contributed by atoms with Gasteiger partial charge in [0.2, 0.25) is 5.96 Å². The van der Waals surface area contributed by atoms with E-state index in [1.807, 2.05) is 19.1 Å². The molecule has 0 radical (unpaired) electrons. The molecule has 0 bridgehead atoms. The highest BCUT2D eigenvalue weighted by Crippen LogP contribution is 2.18. The van der Waals surface area contributed by atoms with Crippen molar-refractivity contribution in [2.24, 2.45) is 10.8 Å². The fourth-order valence-electron chi connectivity index (χ4n) is 1.66. The Morgan fingerprint density at radius 1 is 1.38 bits per heavy atom. The molecule has 0 aliphatic rings. The summed E-state index contributed by atoms with van der Waals surface area (Å²) < 4.78 is 0.